The molecule has 3 aromatic rings. The lowest BCUT2D eigenvalue weighted by Crippen LogP contribution is -2.48. The predicted molar refractivity (Wildman–Crippen MR) is 110 cm³/mol. The number of aryl methyl sites for hydroxylation is 2. The smallest absolute Gasteiger partial charge is 0.259 e. The van der Waals surface area contributed by atoms with Crippen molar-refractivity contribution >= 4 is 34.8 Å². The van der Waals surface area contributed by atoms with Gasteiger partial charge in [-0.05, 0) is 37.6 Å². The van der Waals surface area contributed by atoms with Crippen molar-refractivity contribution in [1.29, 1.82) is 0 Å². The highest BCUT2D eigenvalue weighted by atomic mass is 35.5. The van der Waals surface area contributed by atoms with Crippen molar-refractivity contribution in [3.63, 3.8) is 0 Å². The first kappa shape index (κ1) is 19.2. The van der Waals surface area contributed by atoms with Crippen LogP contribution in [0, 0.1) is 13.8 Å². The number of fused-ring (bicyclic) bond motifs is 1. The number of nitrogens with zero attached hydrogens (tertiary/aromatic N) is 5. The maximum absolute atomic E-state index is 13.0. The largest absolute Gasteiger partial charge is 0.336 e. The van der Waals surface area contributed by atoms with E-state index in [0.29, 0.717) is 34.3 Å². The second-order valence-corrected chi connectivity index (χ2v) is 7.98. The van der Waals surface area contributed by atoms with Crippen molar-refractivity contribution < 1.29 is 4.79 Å². The lowest BCUT2D eigenvalue weighted by Gasteiger charge is -2.34. The quantitative estimate of drug-likeness (QED) is 0.652. The SMILES string of the molecule is Cc1cc(C)n2ncc(C(=O)N3CCN(Cc4ccc(Cl)cc4Cl)CC3)c2n1. The monoisotopic (exact) mass is 417 g/mol. The van der Waals surface area contributed by atoms with Crippen LogP contribution in [0.15, 0.2) is 30.5 Å². The van der Waals surface area contributed by atoms with Crippen LogP contribution in [0.25, 0.3) is 5.65 Å². The molecule has 0 N–H and O–H groups in total. The molecule has 0 atom stereocenters. The summed E-state index contributed by atoms with van der Waals surface area (Å²) in [5.41, 5.74) is 4.07. The lowest BCUT2D eigenvalue weighted by molar-refractivity contribution is 0.0630. The molecule has 6 nitrogen and oxygen atoms in total. The summed E-state index contributed by atoms with van der Waals surface area (Å²) in [5.74, 6) is -0.0170. The number of amides is 1. The van der Waals surface area contributed by atoms with Gasteiger partial charge in [-0.25, -0.2) is 9.50 Å². The molecule has 1 fully saturated rings. The fraction of sp³-hybridized carbons (Fsp3) is 0.350. The number of piperazine rings is 1. The number of benzene rings is 1. The molecule has 1 aliphatic rings. The van der Waals surface area contributed by atoms with E-state index in [1.165, 1.54) is 0 Å². The molecule has 0 bridgehead atoms. The van der Waals surface area contributed by atoms with Gasteiger partial charge >= 0.3 is 0 Å². The van der Waals surface area contributed by atoms with E-state index in [4.69, 9.17) is 23.2 Å². The van der Waals surface area contributed by atoms with E-state index >= 15 is 0 Å². The van der Waals surface area contributed by atoms with Gasteiger partial charge in [0.2, 0.25) is 0 Å². The zero-order chi connectivity index (χ0) is 19.8. The average Bonchev–Trinajstić information content (AvgIpc) is 3.08. The van der Waals surface area contributed by atoms with Crippen LogP contribution in [-0.4, -0.2) is 56.5 Å². The highest BCUT2D eigenvalue weighted by Gasteiger charge is 2.25. The molecule has 8 heteroatoms. The van der Waals surface area contributed by atoms with E-state index in [1.54, 1.807) is 16.8 Å². The minimum absolute atomic E-state index is 0.0170. The van der Waals surface area contributed by atoms with Crippen LogP contribution in [-0.2, 0) is 6.54 Å². The molecular formula is C20H21Cl2N5O. The topological polar surface area (TPSA) is 53.7 Å². The third-order valence-corrected chi connectivity index (χ3v) is 5.66. The van der Waals surface area contributed by atoms with Crippen molar-refractivity contribution in [2.24, 2.45) is 0 Å². The summed E-state index contributed by atoms with van der Waals surface area (Å²) < 4.78 is 1.72. The van der Waals surface area contributed by atoms with E-state index in [2.05, 4.69) is 15.0 Å². The fourth-order valence-corrected chi connectivity index (χ4v) is 4.06. The molecule has 0 saturated carbocycles. The van der Waals surface area contributed by atoms with Gasteiger partial charge in [0.15, 0.2) is 5.65 Å². The number of halogens is 2. The van der Waals surface area contributed by atoms with Gasteiger partial charge in [0.05, 0.1) is 6.20 Å². The summed E-state index contributed by atoms with van der Waals surface area (Å²) in [6.07, 6.45) is 1.62. The summed E-state index contributed by atoms with van der Waals surface area (Å²) in [5, 5.41) is 5.64. The van der Waals surface area contributed by atoms with Crippen molar-refractivity contribution in [2.45, 2.75) is 20.4 Å². The molecule has 28 heavy (non-hydrogen) atoms. The van der Waals surface area contributed by atoms with Crippen LogP contribution in [0.3, 0.4) is 0 Å². The first-order valence-corrected chi connectivity index (χ1v) is 9.95. The van der Waals surface area contributed by atoms with Crippen LogP contribution in [0.4, 0.5) is 0 Å². The zero-order valence-corrected chi connectivity index (χ0v) is 17.3. The summed E-state index contributed by atoms with van der Waals surface area (Å²) in [6, 6.07) is 7.53. The van der Waals surface area contributed by atoms with Gasteiger partial charge in [0.1, 0.15) is 5.56 Å². The van der Waals surface area contributed by atoms with Gasteiger partial charge in [-0.3, -0.25) is 9.69 Å². The summed E-state index contributed by atoms with van der Waals surface area (Å²) in [6.45, 7) is 7.52. The first-order valence-electron chi connectivity index (χ1n) is 9.20. The van der Waals surface area contributed by atoms with E-state index in [0.717, 1.165) is 36.6 Å². The van der Waals surface area contributed by atoms with Gasteiger partial charge < -0.3 is 4.90 Å². The van der Waals surface area contributed by atoms with Crippen molar-refractivity contribution in [1.82, 2.24) is 24.4 Å². The Morgan fingerprint density at radius 2 is 1.86 bits per heavy atom. The van der Waals surface area contributed by atoms with E-state index in [1.807, 2.05) is 36.9 Å². The number of rotatable bonds is 3. The van der Waals surface area contributed by atoms with Gasteiger partial charge in [0, 0.05) is 54.2 Å². The Kier molecular flexibility index (Phi) is 5.27. The molecule has 1 saturated heterocycles. The average molecular weight is 418 g/mol. The van der Waals surface area contributed by atoms with E-state index in [9.17, 15) is 4.79 Å². The Bertz CT molecular complexity index is 1040. The third kappa shape index (κ3) is 3.72. The minimum atomic E-state index is -0.0170. The molecule has 1 aliphatic heterocycles. The van der Waals surface area contributed by atoms with Crippen molar-refractivity contribution in [3.8, 4) is 0 Å². The van der Waals surface area contributed by atoms with E-state index < -0.39 is 0 Å². The Labute approximate surface area is 173 Å². The van der Waals surface area contributed by atoms with Gasteiger partial charge in [-0.15, -0.1) is 0 Å². The number of hydrogen-bond donors (Lipinski definition) is 0. The first-order chi connectivity index (χ1) is 13.4. The maximum Gasteiger partial charge on any atom is 0.259 e. The molecule has 0 unspecified atom stereocenters. The van der Waals surface area contributed by atoms with E-state index in [-0.39, 0.29) is 5.91 Å². The number of carbonyl (C=O) groups is 1. The van der Waals surface area contributed by atoms with Gasteiger partial charge in [0.25, 0.3) is 5.91 Å². The van der Waals surface area contributed by atoms with Gasteiger partial charge in [-0.2, -0.15) is 5.10 Å². The summed E-state index contributed by atoms with van der Waals surface area (Å²) in [7, 11) is 0. The molecule has 0 spiro atoms. The molecule has 1 amide bonds. The third-order valence-electron chi connectivity index (χ3n) is 5.08. The number of carbonyl (C=O) groups excluding carboxylic acids is 1. The highest BCUT2D eigenvalue weighted by molar-refractivity contribution is 6.35. The standard InChI is InChI=1S/C20H21Cl2N5O/c1-13-9-14(2)27-19(24-13)17(11-23-27)20(28)26-7-5-25(6-8-26)12-15-3-4-16(21)10-18(15)22/h3-4,9-11H,5-8,12H2,1-2H3. The molecule has 4 rings (SSSR count). The Balaban J connectivity index is 1.44. The summed E-state index contributed by atoms with van der Waals surface area (Å²) in [4.78, 5) is 21.7. The minimum Gasteiger partial charge on any atom is -0.336 e. The molecule has 0 radical (unpaired) electrons. The molecule has 3 heterocycles. The van der Waals surface area contributed by atoms with Crippen LogP contribution in [0.2, 0.25) is 10.0 Å². The second kappa shape index (κ2) is 7.70. The Morgan fingerprint density at radius 3 is 2.57 bits per heavy atom. The van der Waals surface area contributed by atoms with Gasteiger partial charge in [-0.1, -0.05) is 29.3 Å². The summed E-state index contributed by atoms with van der Waals surface area (Å²) >= 11 is 12.3. The molecule has 146 valence electrons. The van der Waals surface area contributed by atoms with Crippen molar-refractivity contribution in [2.75, 3.05) is 26.2 Å². The highest BCUT2D eigenvalue weighted by Crippen LogP contribution is 2.23. The molecule has 0 aliphatic carbocycles. The van der Waals surface area contributed by atoms with Crippen LogP contribution < -0.4 is 0 Å². The van der Waals surface area contributed by atoms with Crippen LogP contribution >= 0.6 is 23.2 Å². The maximum atomic E-state index is 13.0. The number of hydrogen-bond acceptors (Lipinski definition) is 4. The van der Waals surface area contributed by atoms with Crippen LogP contribution in [0.5, 0.6) is 0 Å². The Morgan fingerprint density at radius 1 is 1.11 bits per heavy atom. The lowest BCUT2D eigenvalue weighted by atomic mass is 10.2. The molecular weight excluding hydrogens is 397 g/mol. The molecule has 1 aromatic carbocycles. The number of aromatic nitrogens is 3. The normalized spacial score (nSPS) is 15.4. The Hall–Kier alpha value is -2.15. The van der Waals surface area contributed by atoms with Crippen molar-refractivity contribution in [3.05, 3.63) is 63.0 Å². The zero-order valence-electron chi connectivity index (χ0n) is 15.8. The predicted octanol–water partition coefficient (Wildman–Crippen LogP) is 3.61. The fourth-order valence-electron chi connectivity index (χ4n) is 3.59. The van der Waals surface area contributed by atoms with Crippen LogP contribution in [0.1, 0.15) is 27.3 Å². The second-order valence-electron chi connectivity index (χ2n) is 7.14. The molecule has 2 aromatic heterocycles.